The number of likely N-dealkylation sites (N-methyl/N-ethyl adjacent to an activating group) is 1. The number of hydrogen-bond acceptors (Lipinski definition) is 2. The molecule has 0 saturated heterocycles. The first-order valence-corrected chi connectivity index (χ1v) is 5.50. The Morgan fingerprint density at radius 1 is 1.46 bits per heavy atom. The molecule has 0 aliphatic heterocycles. The van der Waals surface area contributed by atoms with Gasteiger partial charge in [-0.05, 0) is 26.3 Å². The van der Waals surface area contributed by atoms with Crippen molar-refractivity contribution in [1.82, 2.24) is 5.32 Å². The van der Waals surface area contributed by atoms with E-state index in [4.69, 9.17) is 0 Å². The van der Waals surface area contributed by atoms with E-state index < -0.39 is 0 Å². The highest BCUT2D eigenvalue weighted by atomic mass is 16.1. The van der Waals surface area contributed by atoms with Gasteiger partial charge in [0, 0.05) is 5.92 Å². The van der Waals surface area contributed by atoms with Gasteiger partial charge in [0.05, 0.1) is 6.04 Å². The van der Waals surface area contributed by atoms with Gasteiger partial charge in [-0.15, -0.1) is 0 Å². The van der Waals surface area contributed by atoms with Gasteiger partial charge in [0.25, 0.3) is 0 Å². The molecule has 1 atom stereocenters. The summed E-state index contributed by atoms with van der Waals surface area (Å²) in [5.41, 5.74) is 0. The SMILES string of the molecule is CCCC(NC)C(=O)C1CCCC1. The van der Waals surface area contributed by atoms with E-state index in [9.17, 15) is 4.79 Å². The zero-order chi connectivity index (χ0) is 9.68. The molecule has 0 radical (unpaired) electrons. The van der Waals surface area contributed by atoms with E-state index in [2.05, 4.69) is 12.2 Å². The van der Waals surface area contributed by atoms with Crippen molar-refractivity contribution in [2.24, 2.45) is 5.92 Å². The predicted octanol–water partition coefficient (Wildman–Crippen LogP) is 2.13. The van der Waals surface area contributed by atoms with E-state index in [1.807, 2.05) is 7.05 Å². The van der Waals surface area contributed by atoms with E-state index in [-0.39, 0.29) is 6.04 Å². The smallest absolute Gasteiger partial charge is 0.152 e. The molecule has 1 unspecified atom stereocenters. The van der Waals surface area contributed by atoms with Crippen LogP contribution in [0.15, 0.2) is 0 Å². The first kappa shape index (κ1) is 10.7. The lowest BCUT2D eigenvalue weighted by Gasteiger charge is -2.17. The Morgan fingerprint density at radius 3 is 2.54 bits per heavy atom. The highest BCUT2D eigenvalue weighted by Gasteiger charge is 2.27. The molecule has 1 rings (SSSR count). The average molecular weight is 183 g/mol. The predicted molar refractivity (Wildman–Crippen MR) is 54.7 cm³/mol. The molecule has 0 heterocycles. The summed E-state index contributed by atoms with van der Waals surface area (Å²) >= 11 is 0. The third-order valence-corrected chi connectivity index (χ3v) is 3.03. The summed E-state index contributed by atoms with van der Waals surface area (Å²) in [4.78, 5) is 11.9. The van der Waals surface area contributed by atoms with Crippen LogP contribution in [0.5, 0.6) is 0 Å². The lowest BCUT2D eigenvalue weighted by atomic mass is 9.94. The van der Waals surface area contributed by atoms with Gasteiger partial charge >= 0.3 is 0 Å². The normalized spacial score (nSPS) is 20.5. The molecule has 2 heteroatoms. The van der Waals surface area contributed by atoms with Crippen molar-refractivity contribution in [2.45, 2.75) is 51.5 Å². The molecule has 13 heavy (non-hydrogen) atoms. The van der Waals surface area contributed by atoms with Crippen LogP contribution < -0.4 is 5.32 Å². The molecule has 0 aromatic rings. The summed E-state index contributed by atoms with van der Waals surface area (Å²) in [5.74, 6) is 0.825. The maximum atomic E-state index is 11.9. The zero-order valence-corrected chi connectivity index (χ0v) is 8.81. The Morgan fingerprint density at radius 2 is 2.08 bits per heavy atom. The topological polar surface area (TPSA) is 29.1 Å². The minimum absolute atomic E-state index is 0.119. The number of rotatable bonds is 5. The van der Waals surface area contributed by atoms with Gasteiger partial charge < -0.3 is 5.32 Å². The lowest BCUT2D eigenvalue weighted by molar-refractivity contribution is -0.124. The van der Waals surface area contributed by atoms with Gasteiger partial charge in [0.1, 0.15) is 0 Å². The molecule has 1 aliphatic carbocycles. The molecular formula is C11H21NO. The molecule has 1 saturated carbocycles. The van der Waals surface area contributed by atoms with Crippen LogP contribution in [0.4, 0.5) is 0 Å². The van der Waals surface area contributed by atoms with Crippen LogP contribution in [0.1, 0.15) is 45.4 Å². The van der Waals surface area contributed by atoms with Gasteiger partial charge in [-0.1, -0.05) is 26.2 Å². The second-order valence-corrected chi connectivity index (χ2v) is 4.01. The zero-order valence-electron chi connectivity index (χ0n) is 8.81. The number of Topliss-reactive ketones (excluding diaryl/α,β-unsaturated/α-hetero) is 1. The van der Waals surface area contributed by atoms with Gasteiger partial charge in [-0.25, -0.2) is 0 Å². The first-order chi connectivity index (χ1) is 6.29. The van der Waals surface area contributed by atoms with Crippen LogP contribution in [0.2, 0.25) is 0 Å². The molecule has 0 amide bonds. The fourth-order valence-corrected chi connectivity index (χ4v) is 2.21. The van der Waals surface area contributed by atoms with Gasteiger partial charge in [-0.2, -0.15) is 0 Å². The van der Waals surface area contributed by atoms with E-state index in [1.165, 1.54) is 12.8 Å². The molecular weight excluding hydrogens is 162 g/mol. The highest BCUT2D eigenvalue weighted by Crippen LogP contribution is 2.26. The van der Waals surface area contributed by atoms with Crippen molar-refractivity contribution in [3.05, 3.63) is 0 Å². The summed E-state index contributed by atoms with van der Waals surface area (Å²) in [6, 6.07) is 0.119. The summed E-state index contributed by atoms with van der Waals surface area (Å²) < 4.78 is 0. The summed E-state index contributed by atoms with van der Waals surface area (Å²) in [5, 5.41) is 3.13. The summed E-state index contributed by atoms with van der Waals surface area (Å²) in [7, 11) is 1.90. The maximum Gasteiger partial charge on any atom is 0.152 e. The van der Waals surface area contributed by atoms with Crippen LogP contribution >= 0.6 is 0 Å². The average Bonchev–Trinajstić information content (AvgIpc) is 2.65. The second-order valence-electron chi connectivity index (χ2n) is 4.01. The summed E-state index contributed by atoms with van der Waals surface area (Å²) in [6.07, 6.45) is 6.83. The minimum atomic E-state index is 0.119. The molecule has 0 bridgehead atoms. The molecule has 1 aliphatic rings. The van der Waals surface area contributed by atoms with Crippen LogP contribution in [0.3, 0.4) is 0 Å². The van der Waals surface area contributed by atoms with E-state index in [0.717, 1.165) is 25.7 Å². The molecule has 1 N–H and O–H groups in total. The molecule has 2 nitrogen and oxygen atoms in total. The highest BCUT2D eigenvalue weighted by molar-refractivity contribution is 5.86. The Balaban J connectivity index is 2.42. The fraction of sp³-hybridized carbons (Fsp3) is 0.909. The van der Waals surface area contributed by atoms with Crippen LogP contribution in [-0.2, 0) is 4.79 Å². The molecule has 0 aromatic heterocycles. The fourth-order valence-electron chi connectivity index (χ4n) is 2.21. The monoisotopic (exact) mass is 183 g/mol. The maximum absolute atomic E-state index is 11.9. The van der Waals surface area contributed by atoms with E-state index in [0.29, 0.717) is 11.7 Å². The Labute approximate surface area is 81.1 Å². The quantitative estimate of drug-likeness (QED) is 0.707. The Kier molecular flexibility index (Phi) is 4.43. The number of carbonyl (C=O) groups excluding carboxylic acids is 1. The third-order valence-electron chi connectivity index (χ3n) is 3.03. The number of carbonyl (C=O) groups is 1. The van der Waals surface area contributed by atoms with Crippen LogP contribution in [0, 0.1) is 5.92 Å². The van der Waals surface area contributed by atoms with Crippen molar-refractivity contribution in [2.75, 3.05) is 7.05 Å². The molecule has 76 valence electrons. The third kappa shape index (κ3) is 2.80. The summed E-state index contributed by atoms with van der Waals surface area (Å²) in [6.45, 7) is 2.13. The van der Waals surface area contributed by atoms with Gasteiger partial charge in [0.15, 0.2) is 5.78 Å². The van der Waals surface area contributed by atoms with Crippen molar-refractivity contribution >= 4 is 5.78 Å². The molecule has 0 spiro atoms. The van der Waals surface area contributed by atoms with Crippen molar-refractivity contribution < 1.29 is 4.79 Å². The van der Waals surface area contributed by atoms with Crippen LogP contribution in [-0.4, -0.2) is 18.9 Å². The number of hydrogen-bond donors (Lipinski definition) is 1. The van der Waals surface area contributed by atoms with Crippen molar-refractivity contribution in [3.63, 3.8) is 0 Å². The Bertz CT molecular complexity index is 161. The van der Waals surface area contributed by atoms with Gasteiger partial charge in [-0.3, -0.25) is 4.79 Å². The second kappa shape index (κ2) is 5.38. The standard InChI is InChI=1S/C11H21NO/c1-3-6-10(12-2)11(13)9-7-4-5-8-9/h9-10,12H,3-8H2,1-2H3. The Hall–Kier alpha value is -0.370. The first-order valence-electron chi connectivity index (χ1n) is 5.50. The number of nitrogens with one attached hydrogen (secondary N) is 1. The number of ketones is 1. The van der Waals surface area contributed by atoms with Crippen LogP contribution in [0.25, 0.3) is 0 Å². The molecule has 0 aromatic carbocycles. The lowest BCUT2D eigenvalue weighted by Crippen LogP contribution is -2.37. The van der Waals surface area contributed by atoms with Gasteiger partial charge in [0.2, 0.25) is 0 Å². The van der Waals surface area contributed by atoms with E-state index >= 15 is 0 Å². The van der Waals surface area contributed by atoms with Crippen molar-refractivity contribution in [3.8, 4) is 0 Å². The van der Waals surface area contributed by atoms with E-state index in [1.54, 1.807) is 0 Å². The molecule has 1 fully saturated rings. The largest absolute Gasteiger partial charge is 0.311 e. The minimum Gasteiger partial charge on any atom is -0.311 e. The van der Waals surface area contributed by atoms with Crippen molar-refractivity contribution in [1.29, 1.82) is 0 Å².